The quantitative estimate of drug-likeness (QED) is 0.764. The van der Waals surface area contributed by atoms with E-state index in [0.717, 1.165) is 10.9 Å². The molecule has 1 aliphatic heterocycles. The van der Waals surface area contributed by atoms with Gasteiger partial charge in [0.05, 0.1) is 18.2 Å². The van der Waals surface area contributed by atoms with Gasteiger partial charge in [-0.1, -0.05) is 6.07 Å². The zero-order valence-electron chi connectivity index (χ0n) is 9.69. The molecule has 90 valence electrons. The van der Waals surface area contributed by atoms with Gasteiger partial charge >= 0.3 is 5.97 Å². The van der Waals surface area contributed by atoms with Crippen LogP contribution >= 0.6 is 0 Å². The first kappa shape index (κ1) is 10.7. The topological polar surface area (TPSA) is 68.3 Å². The molecule has 0 bridgehead atoms. The zero-order chi connectivity index (χ0) is 12.7. The number of hydrogen-bond acceptors (Lipinski definition) is 4. The van der Waals surface area contributed by atoms with Gasteiger partial charge in [0.2, 0.25) is 0 Å². The fourth-order valence-electron chi connectivity index (χ4n) is 2.15. The number of aromatic nitrogens is 1. The van der Waals surface area contributed by atoms with Gasteiger partial charge in [-0.3, -0.25) is 4.79 Å². The van der Waals surface area contributed by atoms with E-state index in [1.807, 2.05) is 6.07 Å². The predicted molar refractivity (Wildman–Crippen MR) is 64.3 cm³/mol. The molecule has 0 saturated carbocycles. The number of carbonyl (C=O) groups is 2. The van der Waals surface area contributed by atoms with Crippen LogP contribution in [0, 0.1) is 0 Å². The Hall–Kier alpha value is -2.43. The molecule has 1 N–H and O–H groups in total. The normalized spacial score (nSPS) is 13.3. The fraction of sp³-hybridized carbons (Fsp3) is 0.154. The van der Waals surface area contributed by atoms with E-state index in [2.05, 4.69) is 15.0 Å². The van der Waals surface area contributed by atoms with Crippen LogP contribution in [0.2, 0.25) is 0 Å². The number of amides is 1. The minimum absolute atomic E-state index is 0.0942. The van der Waals surface area contributed by atoms with Crippen LogP contribution in [0.4, 0.5) is 0 Å². The summed E-state index contributed by atoms with van der Waals surface area (Å²) >= 11 is 0. The second-order valence-electron chi connectivity index (χ2n) is 4.04. The first-order chi connectivity index (χ1) is 8.70. The van der Waals surface area contributed by atoms with Crippen LogP contribution in [0.15, 0.2) is 24.3 Å². The van der Waals surface area contributed by atoms with Gasteiger partial charge in [-0.25, -0.2) is 9.78 Å². The van der Waals surface area contributed by atoms with Gasteiger partial charge in [-0.05, 0) is 23.8 Å². The summed E-state index contributed by atoms with van der Waals surface area (Å²) in [5.74, 6) is -0.579. The van der Waals surface area contributed by atoms with Crippen molar-refractivity contribution in [3.63, 3.8) is 0 Å². The highest BCUT2D eigenvalue weighted by molar-refractivity contribution is 6.09. The number of nitrogens with zero attached hydrogens (tertiary/aromatic N) is 1. The molecule has 0 spiro atoms. The number of ether oxygens (including phenoxy) is 1. The third kappa shape index (κ3) is 1.44. The maximum absolute atomic E-state index is 11.7. The van der Waals surface area contributed by atoms with Crippen LogP contribution in [-0.2, 0) is 11.3 Å². The standard InChI is InChI=1S/C13H10N2O3/c1-18-13(17)10-5-3-8-9(15-10)4-2-7-6-14-12(16)11(7)8/h2-5H,6H2,1H3,(H,14,16). The van der Waals surface area contributed by atoms with Crippen molar-refractivity contribution < 1.29 is 14.3 Å². The Morgan fingerprint density at radius 1 is 1.33 bits per heavy atom. The third-order valence-electron chi connectivity index (χ3n) is 3.02. The first-order valence-corrected chi connectivity index (χ1v) is 5.50. The lowest BCUT2D eigenvalue weighted by Crippen LogP contribution is -2.12. The van der Waals surface area contributed by atoms with Crippen molar-refractivity contribution in [2.45, 2.75) is 6.54 Å². The Bertz CT molecular complexity index is 679. The van der Waals surface area contributed by atoms with Gasteiger partial charge in [0.1, 0.15) is 5.69 Å². The Morgan fingerprint density at radius 3 is 2.94 bits per heavy atom. The molecule has 1 aromatic heterocycles. The Labute approximate surface area is 103 Å². The van der Waals surface area contributed by atoms with Crippen LogP contribution < -0.4 is 5.32 Å². The molecule has 3 rings (SSSR count). The van der Waals surface area contributed by atoms with Gasteiger partial charge in [-0.15, -0.1) is 0 Å². The number of hydrogen-bond donors (Lipinski definition) is 1. The van der Waals surface area contributed by atoms with Crippen molar-refractivity contribution in [3.05, 3.63) is 41.1 Å². The lowest BCUT2D eigenvalue weighted by atomic mass is 10.0. The number of rotatable bonds is 1. The number of pyridine rings is 1. The van der Waals surface area contributed by atoms with E-state index in [1.54, 1.807) is 18.2 Å². The summed E-state index contributed by atoms with van der Waals surface area (Å²) in [5, 5.41) is 3.53. The average Bonchev–Trinajstić information content (AvgIpc) is 2.79. The molecule has 1 amide bonds. The molecule has 1 aromatic carbocycles. The number of esters is 1. The largest absolute Gasteiger partial charge is 0.464 e. The Morgan fingerprint density at radius 2 is 2.17 bits per heavy atom. The van der Waals surface area contributed by atoms with Crippen molar-refractivity contribution in [1.82, 2.24) is 10.3 Å². The van der Waals surface area contributed by atoms with Crippen molar-refractivity contribution in [1.29, 1.82) is 0 Å². The third-order valence-corrected chi connectivity index (χ3v) is 3.02. The molecule has 0 fully saturated rings. The van der Waals surface area contributed by atoms with E-state index >= 15 is 0 Å². The summed E-state index contributed by atoms with van der Waals surface area (Å²) in [6.45, 7) is 0.545. The van der Waals surface area contributed by atoms with Crippen LogP contribution in [0.5, 0.6) is 0 Å². The molecule has 0 saturated heterocycles. The second-order valence-corrected chi connectivity index (χ2v) is 4.04. The molecule has 0 aliphatic carbocycles. The summed E-state index contributed by atoms with van der Waals surface area (Å²) in [6, 6.07) is 6.96. The van der Waals surface area contributed by atoms with E-state index in [1.165, 1.54) is 7.11 Å². The number of benzene rings is 1. The summed E-state index contributed by atoms with van der Waals surface area (Å²) in [5.41, 5.74) is 2.47. The number of fused-ring (bicyclic) bond motifs is 3. The minimum atomic E-state index is -0.484. The summed E-state index contributed by atoms with van der Waals surface area (Å²) in [4.78, 5) is 27.3. The van der Waals surface area contributed by atoms with Gasteiger partial charge in [-0.2, -0.15) is 0 Å². The molecule has 0 radical (unpaired) electrons. The highest BCUT2D eigenvalue weighted by atomic mass is 16.5. The van der Waals surface area contributed by atoms with Crippen LogP contribution in [-0.4, -0.2) is 24.0 Å². The smallest absolute Gasteiger partial charge is 0.356 e. The van der Waals surface area contributed by atoms with Crippen LogP contribution in [0.1, 0.15) is 26.4 Å². The lowest BCUT2D eigenvalue weighted by molar-refractivity contribution is 0.0594. The summed E-state index contributed by atoms with van der Waals surface area (Å²) < 4.78 is 4.62. The van der Waals surface area contributed by atoms with E-state index in [-0.39, 0.29) is 11.6 Å². The molecular formula is C13H10N2O3. The lowest BCUT2D eigenvalue weighted by Gasteiger charge is -2.04. The predicted octanol–water partition coefficient (Wildman–Crippen LogP) is 1.26. The monoisotopic (exact) mass is 242 g/mol. The van der Waals surface area contributed by atoms with Crippen molar-refractivity contribution in [2.75, 3.05) is 7.11 Å². The highest BCUT2D eigenvalue weighted by Crippen LogP contribution is 2.25. The minimum Gasteiger partial charge on any atom is -0.464 e. The van der Waals surface area contributed by atoms with E-state index in [0.29, 0.717) is 17.6 Å². The van der Waals surface area contributed by atoms with E-state index in [9.17, 15) is 9.59 Å². The van der Waals surface area contributed by atoms with Gasteiger partial charge < -0.3 is 10.1 Å². The number of methoxy groups -OCH3 is 1. The SMILES string of the molecule is COC(=O)c1ccc2c3c(ccc2n1)CNC3=O. The van der Waals surface area contributed by atoms with E-state index < -0.39 is 5.97 Å². The Balaban J connectivity index is 2.24. The van der Waals surface area contributed by atoms with Crippen molar-refractivity contribution in [3.8, 4) is 0 Å². The second kappa shape index (κ2) is 3.80. The molecular weight excluding hydrogens is 232 g/mol. The summed E-state index contributed by atoms with van der Waals surface area (Å²) in [7, 11) is 1.31. The van der Waals surface area contributed by atoms with Crippen molar-refractivity contribution in [2.24, 2.45) is 0 Å². The van der Waals surface area contributed by atoms with Gasteiger partial charge in [0, 0.05) is 11.9 Å². The molecule has 1 aliphatic rings. The van der Waals surface area contributed by atoms with E-state index in [4.69, 9.17) is 0 Å². The molecule has 2 heterocycles. The zero-order valence-corrected chi connectivity index (χ0v) is 9.69. The average molecular weight is 242 g/mol. The highest BCUT2D eigenvalue weighted by Gasteiger charge is 2.22. The Kier molecular flexibility index (Phi) is 2.26. The molecule has 0 atom stereocenters. The van der Waals surface area contributed by atoms with Crippen molar-refractivity contribution >= 4 is 22.8 Å². The maximum Gasteiger partial charge on any atom is 0.356 e. The molecule has 0 unspecified atom stereocenters. The fourth-order valence-corrected chi connectivity index (χ4v) is 2.15. The molecule has 5 nitrogen and oxygen atoms in total. The number of carbonyl (C=O) groups excluding carboxylic acids is 2. The number of nitrogens with one attached hydrogen (secondary N) is 1. The maximum atomic E-state index is 11.7. The van der Waals surface area contributed by atoms with Crippen LogP contribution in [0.3, 0.4) is 0 Å². The molecule has 5 heteroatoms. The van der Waals surface area contributed by atoms with Crippen LogP contribution in [0.25, 0.3) is 10.9 Å². The van der Waals surface area contributed by atoms with Gasteiger partial charge in [0.25, 0.3) is 5.91 Å². The summed E-state index contributed by atoms with van der Waals surface area (Å²) in [6.07, 6.45) is 0. The van der Waals surface area contributed by atoms with Gasteiger partial charge in [0.15, 0.2) is 0 Å². The molecule has 18 heavy (non-hydrogen) atoms. The molecule has 2 aromatic rings. The first-order valence-electron chi connectivity index (χ1n) is 5.50.